The van der Waals surface area contributed by atoms with Gasteiger partial charge in [0.15, 0.2) is 4.34 Å². The quantitative estimate of drug-likeness (QED) is 0.527. The van der Waals surface area contributed by atoms with Gasteiger partial charge in [-0.3, -0.25) is 9.59 Å². The zero-order valence-electron chi connectivity index (χ0n) is 17.9. The Bertz CT molecular complexity index is 781. The summed E-state index contributed by atoms with van der Waals surface area (Å²) in [6.07, 6.45) is 10.5. The monoisotopic (exact) mass is 448 g/mol. The van der Waals surface area contributed by atoms with Gasteiger partial charge in [0.1, 0.15) is 0 Å². The van der Waals surface area contributed by atoms with Crippen molar-refractivity contribution >= 4 is 40.0 Å². The van der Waals surface area contributed by atoms with Crippen molar-refractivity contribution in [2.75, 3.05) is 11.1 Å². The van der Waals surface area contributed by atoms with Crippen LogP contribution < -0.4 is 5.32 Å². The average molecular weight is 449 g/mol. The summed E-state index contributed by atoms with van der Waals surface area (Å²) >= 11 is 2.83. The summed E-state index contributed by atoms with van der Waals surface area (Å²) in [5.74, 6) is 2.94. The number of nitrogens with zero attached hydrogens (tertiary/aromatic N) is 3. The molecule has 2 heterocycles. The average Bonchev–Trinajstić information content (AvgIpc) is 3.12. The summed E-state index contributed by atoms with van der Waals surface area (Å²) in [4.78, 5) is 27.9. The van der Waals surface area contributed by atoms with Crippen LogP contribution in [0.1, 0.15) is 71.6 Å². The van der Waals surface area contributed by atoms with Crippen LogP contribution in [0, 0.1) is 23.2 Å². The minimum absolute atomic E-state index is 0.154. The smallest absolute Gasteiger partial charge is 0.233 e. The van der Waals surface area contributed by atoms with Gasteiger partial charge in [-0.15, -0.1) is 10.2 Å². The summed E-state index contributed by atoms with van der Waals surface area (Å²) in [6, 6.07) is 0.623. The van der Waals surface area contributed by atoms with Crippen molar-refractivity contribution in [3.63, 3.8) is 0 Å². The fourth-order valence-corrected chi connectivity index (χ4v) is 8.66. The van der Waals surface area contributed by atoms with Crippen LogP contribution in [0.15, 0.2) is 4.34 Å². The molecule has 0 unspecified atom stereocenters. The van der Waals surface area contributed by atoms with Gasteiger partial charge >= 0.3 is 0 Å². The number of nitrogens with one attached hydrogen (secondary N) is 1. The third-order valence-electron chi connectivity index (χ3n) is 7.95. The maximum absolute atomic E-state index is 13.2. The Labute approximate surface area is 187 Å². The van der Waals surface area contributed by atoms with Gasteiger partial charge in [0, 0.05) is 12.1 Å². The van der Waals surface area contributed by atoms with Crippen molar-refractivity contribution < 1.29 is 9.59 Å². The molecule has 2 amide bonds. The molecule has 1 aromatic rings. The molecular formula is C22H32N4O2S2. The van der Waals surface area contributed by atoms with Crippen molar-refractivity contribution in [3.05, 3.63) is 0 Å². The molecule has 0 spiro atoms. The number of anilines is 1. The van der Waals surface area contributed by atoms with E-state index in [1.54, 1.807) is 0 Å². The molecule has 1 N–H and O–H groups in total. The van der Waals surface area contributed by atoms with Crippen molar-refractivity contribution in [1.29, 1.82) is 0 Å². The summed E-state index contributed by atoms with van der Waals surface area (Å²) in [5.41, 5.74) is -0.176. The van der Waals surface area contributed by atoms with E-state index in [1.807, 2.05) is 4.90 Å². The van der Waals surface area contributed by atoms with Crippen LogP contribution in [0.3, 0.4) is 0 Å². The van der Waals surface area contributed by atoms with Crippen molar-refractivity contribution in [1.82, 2.24) is 15.1 Å². The van der Waals surface area contributed by atoms with Crippen molar-refractivity contribution in [3.8, 4) is 0 Å². The Morgan fingerprint density at radius 2 is 1.67 bits per heavy atom. The van der Waals surface area contributed by atoms with E-state index < -0.39 is 0 Å². The molecule has 5 aliphatic rings. The first-order chi connectivity index (χ1) is 14.4. The Morgan fingerprint density at radius 3 is 2.27 bits per heavy atom. The van der Waals surface area contributed by atoms with E-state index in [0.29, 0.717) is 23.0 Å². The summed E-state index contributed by atoms with van der Waals surface area (Å²) in [6.45, 7) is 4.28. The number of carbonyl (C=O) groups excluding carboxylic acids is 2. The lowest BCUT2D eigenvalue weighted by atomic mass is 9.49. The van der Waals surface area contributed by atoms with E-state index in [9.17, 15) is 9.59 Å². The van der Waals surface area contributed by atoms with Gasteiger partial charge < -0.3 is 10.2 Å². The van der Waals surface area contributed by atoms with Crippen LogP contribution in [0.25, 0.3) is 0 Å². The van der Waals surface area contributed by atoms with Gasteiger partial charge in [-0.2, -0.15) is 0 Å². The predicted octanol–water partition coefficient (Wildman–Crippen LogP) is 4.57. The zero-order chi connectivity index (χ0) is 20.9. The number of thioether (sulfide) groups is 1. The van der Waals surface area contributed by atoms with Crippen LogP contribution in [0.4, 0.5) is 5.13 Å². The van der Waals surface area contributed by atoms with Gasteiger partial charge in [0.2, 0.25) is 16.9 Å². The third-order valence-corrected chi connectivity index (χ3v) is 9.90. The lowest BCUT2D eigenvalue weighted by molar-refractivity contribution is -0.140. The molecule has 164 valence electrons. The standard InChI is InChI=1S/C22H32N4O2S2/c1-13-4-3-5-14(2)26(13)18(27)12-29-21-25-24-20(30-21)23-19(28)22-9-15-6-16(10-22)8-17(7-15)11-22/h13-17H,3-12H2,1-2H3,(H,23,24,28)/t13-,14+,15?,16?,17?,22?. The Kier molecular flexibility index (Phi) is 5.58. The molecular weight excluding hydrogens is 416 g/mol. The minimum atomic E-state index is -0.176. The maximum atomic E-state index is 13.2. The molecule has 5 fully saturated rings. The summed E-state index contributed by atoms with van der Waals surface area (Å²) in [7, 11) is 0. The predicted molar refractivity (Wildman–Crippen MR) is 119 cm³/mol. The highest BCUT2D eigenvalue weighted by Crippen LogP contribution is 2.60. The molecule has 6 nitrogen and oxygen atoms in total. The lowest BCUT2D eigenvalue weighted by Crippen LogP contribution is -2.51. The highest BCUT2D eigenvalue weighted by Gasteiger charge is 2.54. The first-order valence-electron chi connectivity index (χ1n) is 11.5. The molecule has 0 radical (unpaired) electrons. The number of hydrogen-bond acceptors (Lipinski definition) is 6. The molecule has 1 aromatic heterocycles. The molecule has 30 heavy (non-hydrogen) atoms. The topological polar surface area (TPSA) is 75.2 Å². The van der Waals surface area contributed by atoms with Crippen molar-refractivity contribution in [2.24, 2.45) is 23.2 Å². The number of hydrogen-bond donors (Lipinski definition) is 1. The van der Waals surface area contributed by atoms with Crippen LogP contribution in [0.5, 0.6) is 0 Å². The molecule has 4 bridgehead atoms. The first-order valence-corrected chi connectivity index (χ1v) is 13.3. The Hall–Kier alpha value is -1.15. The lowest BCUT2D eigenvalue weighted by Gasteiger charge is -2.55. The maximum Gasteiger partial charge on any atom is 0.233 e. The number of amides is 2. The Balaban J connectivity index is 1.17. The van der Waals surface area contributed by atoms with E-state index in [-0.39, 0.29) is 17.2 Å². The molecule has 6 rings (SSSR count). The highest BCUT2D eigenvalue weighted by molar-refractivity contribution is 8.01. The molecule has 1 saturated heterocycles. The second kappa shape index (κ2) is 8.08. The van der Waals surface area contributed by atoms with Gasteiger partial charge in [0.25, 0.3) is 0 Å². The van der Waals surface area contributed by atoms with Crippen LogP contribution >= 0.6 is 23.1 Å². The Morgan fingerprint density at radius 1 is 1.07 bits per heavy atom. The van der Waals surface area contributed by atoms with Crippen LogP contribution in [-0.2, 0) is 9.59 Å². The van der Waals surface area contributed by atoms with Gasteiger partial charge in [-0.25, -0.2) is 0 Å². The second-order valence-electron chi connectivity index (χ2n) is 10.2. The summed E-state index contributed by atoms with van der Waals surface area (Å²) in [5, 5.41) is 12.1. The fraction of sp³-hybridized carbons (Fsp3) is 0.818. The molecule has 2 atom stereocenters. The molecule has 8 heteroatoms. The van der Waals surface area contributed by atoms with E-state index in [2.05, 4.69) is 29.4 Å². The highest BCUT2D eigenvalue weighted by atomic mass is 32.2. The molecule has 0 aromatic carbocycles. The number of aromatic nitrogens is 2. The van der Waals surface area contributed by atoms with E-state index in [0.717, 1.165) is 54.2 Å². The first kappa shape index (κ1) is 20.7. The van der Waals surface area contributed by atoms with E-state index in [1.165, 1.54) is 48.8 Å². The normalized spacial score (nSPS) is 37.4. The number of piperidine rings is 1. The SMILES string of the molecule is C[C@@H]1CCC[C@H](C)N1C(=O)CSc1nnc(NC(=O)C23CC4CC(CC(C4)C2)C3)s1. The number of rotatable bonds is 5. The molecule has 4 aliphatic carbocycles. The molecule has 4 saturated carbocycles. The number of carbonyl (C=O) groups is 2. The van der Waals surface area contributed by atoms with Crippen LogP contribution in [-0.4, -0.2) is 44.7 Å². The zero-order valence-corrected chi connectivity index (χ0v) is 19.6. The minimum Gasteiger partial charge on any atom is -0.337 e. The fourth-order valence-electron chi connectivity index (χ4n) is 7.05. The largest absolute Gasteiger partial charge is 0.337 e. The number of likely N-dealkylation sites (tertiary alicyclic amines) is 1. The summed E-state index contributed by atoms with van der Waals surface area (Å²) < 4.78 is 0.751. The van der Waals surface area contributed by atoms with Crippen LogP contribution in [0.2, 0.25) is 0 Å². The van der Waals surface area contributed by atoms with Gasteiger partial charge in [0.05, 0.1) is 11.2 Å². The molecule has 1 aliphatic heterocycles. The van der Waals surface area contributed by atoms with Gasteiger partial charge in [-0.1, -0.05) is 23.1 Å². The third kappa shape index (κ3) is 3.90. The van der Waals surface area contributed by atoms with Crippen molar-refractivity contribution in [2.45, 2.75) is 88.1 Å². The van der Waals surface area contributed by atoms with E-state index >= 15 is 0 Å². The van der Waals surface area contributed by atoms with E-state index in [4.69, 9.17) is 0 Å². The second-order valence-corrected chi connectivity index (χ2v) is 12.4. The van der Waals surface area contributed by atoms with Gasteiger partial charge in [-0.05, 0) is 89.4 Å².